The molecule has 0 radical (unpaired) electrons. The molecule has 1 aliphatic carbocycles. The maximum atomic E-state index is 10.1. The minimum absolute atomic E-state index is 0.205. The molecule has 1 fully saturated rings. The van der Waals surface area contributed by atoms with Crippen LogP contribution in [0.2, 0.25) is 0 Å². The number of aliphatic hydroxyl groups excluding tert-OH is 1. The monoisotopic (exact) mass is 263 g/mol. The van der Waals surface area contributed by atoms with Gasteiger partial charge in [-0.2, -0.15) is 0 Å². The van der Waals surface area contributed by atoms with Gasteiger partial charge >= 0.3 is 0 Å². The van der Waals surface area contributed by atoms with Crippen molar-refractivity contribution in [1.82, 2.24) is 5.32 Å². The fraction of sp³-hybridized carbons (Fsp3) is 0.625. The molecule has 0 heterocycles. The average molecular weight is 263 g/mol. The van der Waals surface area contributed by atoms with Gasteiger partial charge in [-0.05, 0) is 37.5 Å². The number of benzene rings is 1. The van der Waals surface area contributed by atoms with E-state index in [-0.39, 0.29) is 18.2 Å². The summed E-state index contributed by atoms with van der Waals surface area (Å²) in [6, 6.07) is 8.61. The first-order chi connectivity index (χ1) is 9.20. The standard InChI is InChI=1S/C16H25NO2/c1-12(13-8-10-14(19-2)11-9-13)17-15-6-4-3-5-7-16(15)18/h8-12,15-18H,3-7H2,1-2H3/t12-,15?,16?/m1/s1. The van der Waals surface area contributed by atoms with Crippen LogP contribution in [0.1, 0.15) is 50.6 Å². The van der Waals surface area contributed by atoms with Crippen LogP contribution in [0.5, 0.6) is 5.75 Å². The second kappa shape index (κ2) is 6.92. The predicted octanol–water partition coefficient (Wildman–Crippen LogP) is 3.04. The number of ether oxygens (including phenoxy) is 1. The molecule has 2 unspecified atom stereocenters. The van der Waals surface area contributed by atoms with E-state index >= 15 is 0 Å². The Kier molecular flexibility index (Phi) is 5.23. The van der Waals surface area contributed by atoms with Gasteiger partial charge in [0.2, 0.25) is 0 Å². The van der Waals surface area contributed by atoms with Crippen LogP contribution in [-0.2, 0) is 0 Å². The van der Waals surface area contributed by atoms with Crippen molar-refractivity contribution in [2.75, 3.05) is 7.11 Å². The zero-order valence-corrected chi connectivity index (χ0v) is 11.9. The second-order valence-corrected chi connectivity index (χ2v) is 5.47. The van der Waals surface area contributed by atoms with Gasteiger partial charge in [-0.3, -0.25) is 0 Å². The van der Waals surface area contributed by atoms with Crippen molar-refractivity contribution in [3.63, 3.8) is 0 Å². The van der Waals surface area contributed by atoms with Crippen LogP contribution >= 0.6 is 0 Å². The molecule has 3 nitrogen and oxygen atoms in total. The molecule has 0 aliphatic heterocycles. The Morgan fingerprint density at radius 2 is 1.84 bits per heavy atom. The van der Waals surface area contributed by atoms with Gasteiger partial charge in [0.1, 0.15) is 5.75 Å². The summed E-state index contributed by atoms with van der Waals surface area (Å²) in [6.45, 7) is 2.15. The Morgan fingerprint density at radius 3 is 2.53 bits per heavy atom. The molecular formula is C16H25NO2. The highest BCUT2D eigenvalue weighted by Crippen LogP contribution is 2.22. The van der Waals surface area contributed by atoms with Gasteiger partial charge < -0.3 is 15.2 Å². The van der Waals surface area contributed by atoms with E-state index in [9.17, 15) is 5.11 Å². The molecule has 0 spiro atoms. The fourth-order valence-corrected chi connectivity index (χ4v) is 2.79. The number of hydrogen-bond donors (Lipinski definition) is 2. The molecule has 0 amide bonds. The van der Waals surface area contributed by atoms with E-state index in [0.29, 0.717) is 0 Å². The quantitative estimate of drug-likeness (QED) is 0.820. The summed E-state index contributed by atoms with van der Waals surface area (Å²) in [6.07, 6.45) is 5.39. The molecular weight excluding hydrogens is 238 g/mol. The van der Waals surface area contributed by atoms with E-state index in [4.69, 9.17) is 4.74 Å². The van der Waals surface area contributed by atoms with Gasteiger partial charge in [-0.1, -0.05) is 31.4 Å². The third-order valence-electron chi connectivity index (χ3n) is 4.06. The molecule has 3 atom stereocenters. The van der Waals surface area contributed by atoms with Crippen LogP contribution in [0.3, 0.4) is 0 Å². The highest BCUT2D eigenvalue weighted by Gasteiger charge is 2.23. The Balaban J connectivity index is 1.96. The smallest absolute Gasteiger partial charge is 0.118 e. The molecule has 106 valence electrons. The lowest BCUT2D eigenvalue weighted by atomic mass is 10.0. The van der Waals surface area contributed by atoms with Crippen molar-refractivity contribution in [3.8, 4) is 5.75 Å². The molecule has 1 aromatic rings. The minimum Gasteiger partial charge on any atom is -0.497 e. The highest BCUT2D eigenvalue weighted by atomic mass is 16.5. The normalized spacial score (nSPS) is 25.6. The molecule has 0 aromatic heterocycles. The third kappa shape index (κ3) is 3.95. The van der Waals surface area contributed by atoms with Crippen LogP contribution < -0.4 is 10.1 Å². The molecule has 2 rings (SSSR count). The summed E-state index contributed by atoms with van der Waals surface area (Å²) in [5, 5.41) is 13.7. The first kappa shape index (κ1) is 14.4. The van der Waals surface area contributed by atoms with Crippen molar-refractivity contribution in [1.29, 1.82) is 0 Å². The summed E-state index contributed by atoms with van der Waals surface area (Å²) in [4.78, 5) is 0. The summed E-state index contributed by atoms with van der Waals surface area (Å²) < 4.78 is 5.17. The Bertz CT molecular complexity index is 377. The van der Waals surface area contributed by atoms with E-state index in [2.05, 4.69) is 24.4 Å². The third-order valence-corrected chi connectivity index (χ3v) is 4.06. The van der Waals surface area contributed by atoms with E-state index in [1.54, 1.807) is 7.11 Å². The van der Waals surface area contributed by atoms with Gasteiger partial charge in [0.25, 0.3) is 0 Å². The van der Waals surface area contributed by atoms with Crippen LogP contribution in [0.4, 0.5) is 0 Å². The summed E-state index contributed by atoms with van der Waals surface area (Å²) >= 11 is 0. The van der Waals surface area contributed by atoms with Crippen LogP contribution in [0.25, 0.3) is 0 Å². The molecule has 3 heteroatoms. The molecule has 0 saturated heterocycles. The van der Waals surface area contributed by atoms with Crippen molar-refractivity contribution in [2.45, 2.75) is 57.2 Å². The average Bonchev–Trinajstić information content (AvgIpc) is 2.64. The van der Waals surface area contributed by atoms with Crippen LogP contribution in [0.15, 0.2) is 24.3 Å². The number of rotatable bonds is 4. The maximum Gasteiger partial charge on any atom is 0.118 e. The van der Waals surface area contributed by atoms with E-state index in [0.717, 1.165) is 25.0 Å². The molecule has 1 aliphatic rings. The fourth-order valence-electron chi connectivity index (χ4n) is 2.79. The zero-order valence-electron chi connectivity index (χ0n) is 11.9. The maximum absolute atomic E-state index is 10.1. The van der Waals surface area contributed by atoms with Gasteiger partial charge in [-0.25, -0.2) is 0 Å². The minimum atomic E-state index is -0.205. The van der Waals surface area contributed by atoms with Crippen molar-refractivity contribution < 1.29 is 9.84 Å². The number of aliphatic hydroxyl groups is 1. The number of methoxy groups -OCH3 is 1. The van der Waals surface area contributed by atoms with Crippen molar-refractivity contribution >= 4 is 0 Å². The lowest BCUT2D eigenvalue weighted by Crippen LogP contribution is -2.40. The predicted molar refractivity (Wildman–Crippen MR) is 77.4 cm³/mol. The first-order valence-electron chi connectivity index (χ1n) is 7.29. The molecule has 19 heavy (non-hydrogen) atoms. The second-order valence-electron chi connectivity index (χ2n) is 5.47. The van der Waals surface area contributed by atoms with Crippen LogP contribution in [-0.4, -0.2) is 24.4 Å². The highest BCUT2D eigenvalue weighted by molar-refractivity contribution is 5.28. The SMILES string of the molecule is COc1ccc([C@@H](C)NC2CCCCCC2O)cc1. The first-order valence-corrected chi connectivity index (χ1v) is 7.29. The Labute approximate surface area is 116 Å². The van der Waals surface area contributed by atoms with Gasteiger partial charge in [0, 0.05) is 12.1 Å². The van der Waals surface area contributed by atoms with E-state index < -0.39 is 0 Å². The lowest BCUT2D eigenvalue weighted by Gasteiger charge is -2.26. The molecule has 1 saturated carbocycles. The van der Waals surface area contributed by atoms with Gasteiger partial charge in [-0.15, -0.1) is 0 Å². The molecule has 1 aromatic carbocycles. The van der Waals surface area contributed by atoms with E-state index in [1.807, 2.05) is 12.1 Å². The largest absolute Gasteiger partial charge is 0.497 e. The lowest BCUT2D eigenvalue weighted by molar-refractivity contribution is 0.115. The van der Waals surface area contributed by atoms with Crippen LogP contribution in [0, 0.1) is 0 Å². The number of nitrogens with one attached hydrogen (secondary N) is 1. The molecule has 0 bridgehead atoms. The number of hydrogen-bond acceptors (Lipinski definition) is 3. The van der Waals surface area contributed by atoms with Crippen molar-refractivity contribution in [3.05, 3.63) is 29.8 Å². The summed E-state index contributed by atoms with van der Waals surface area (Å²) in [5.74, 6) is 0.880. The van der Waals surface area contributed by atoms with Gasteiger partial charge in [0.15, 0.2) is 0 Å². The zero-order chi connectivity index (χ0) is 13.7. The summed E-state index contributed by atoms with van der Waals surface area (Å²) in [5.41, 5.74) is 1.23. The Morgan fingerprint density at radius 1 is 1.16 bits per heavy atom. The topological polar surface area (TPSA) is 41.5 Å². The Hall–Kier alpha value is -1.06. The van der Waals surface area contributed by atoms with Crippen molar-refractivity contribution in [2.24, 2.45) is 0 Å². The molecule has 2 N–H and O–H groups in total. The van der Waals surface area contributed by atoms with E-state index in [1.165, 1.54) is 18.4 Å². The summed E-state index contributed by atoms with van der Waals surface area (Å²) in [7, 11) is 1.68. The van der Waals surface area contributed by atoms with Gasteiger partial charge in [0.05, 0.1) is 13.2 Å².